The Kier molecular flexibility index (Phi) is 7.06. The van der Waals surface area contributed by atoms with Gasteiger partial charge in [-0.1, -0.05) is 24.9 Å². The summed E-state index contributed by atoms with van der Waals surface area (Å²) in [6.07, 6.45) is 3.27. The molecule has 0 aromatic carbocycles. The number of hydrogen-bond donors (Lipinski definition) is 2. The van der Waals surface area contributed by atoms with E-state index in [1.54, 1.807) is 6.07 Å². The van der Waals surface area contributed by atoms with Gasteiger partial charge in [0, 0.05) is 11.6 Å². The Morgan fingerprint density at radius 2 is 1.79 bits per heavy atom. The summed E-state index contributed by atoms with van der Waals surface area (Å²) in [6, 6.07) is 5.59. The Bertz CT molecular complexity index is 1320. The lowest BCUT2D eigenvalue weighted by atomic mass is 9.32. The average Bonchev–Trinajstić information content (AvgIpc) is 3.26. The van der Waals surface area contributed by atoms with Crippen LogP contribution in [0.3, 0.4) is 0 Å². The van der Waals surface area contributed by atoms with Crippen LogP contribution in [-0.2, 0) is 4.74 Å². The van der Waals surface area contributed by atoms with E-state index >= 15 is 0 Å². The molecule has 1 atom stereocenters. The number of imidazole rings is 1. The van der Waals surface area contributed by atoms with Gasteiger partial charge in [-0.2, -0.15) is 5.26 Å². The highest BCUT2D eigenvalue weighted by atomic mass is 16.5. The van der Waals surface area contributed by atoms with Gasteiger partial charge < -0.3 is 15.0 Å². The minimum absolute atomic E-state index is 0.0142. The van der Waals surface area contributed by atoms with Crippen molar-refractivity contribution in [3.63, 3.8) is 0 Å². The lowest BCUT2D eigenvalue weighted by Crippen LogP contribution is -2.44. The van der Waals surface area contributed by atoms with Crippen LogP contribution in [0.4, 0.5) is 5.69 Å². The summed E-state index contributed by atoms with van der Waals surface area (Å²) < 4.78 is 6.28. The third kappa shape index (κ3) is 5.38. The highest BCUT2D eigenvalue weighted by Gasteiger charge is 2.45. The zero-order valence-electron chi connectivity index (χ0n) is 23.0. The molecule has 1 amide bonds. The normalized spacial score (nSPS) is 24.0. The van der Waals surface area contributed by atoms with Crippen LogP contribution in [0.25, 0.3) is 5.57 Å². The number of anilines is 1. The molecule has 188 valence electrons. The van der Waals surface area contributed by atoms with Crippen LogP contribution < -0.4 is 5.32 Å². The fraction of sp³-hybridized carbons (Fsp3) is 0.556. The molecule has 2 aliphatic rings. The SMILES string of the molecule is [B]C1=C(c2nc(C3CC(C)(C)OC(C)(C)C3)ccc2NC(=O)c2ncc(C#N)[nH]2)C([B])([B])C([B])C(C)(C)C1. The number of allylic oxidation sites excluding steroid dienone is 2. The van der Waals surface area contributed by atoms with E-state index < -0.39 is 22.4 Å². The average molecular weight is 501 g/mol. The molecule has 2 aromatic heterocycles. The molecule has 7 nitrogen and oxygen atoms in total. The Hall–Kier alpha value is -2.72. The molecule has 3 heterocycles. The van der Waals surface area contributed by atoms with E-state index in [0.717, 1.165) is 18.5 Å². The van der Waals surface area contributed by atoms with Gasteiger partial charge in [-0.05, 0) is 70.1 Å². The fourth-order valence-corrected chi connectivity index (χ4v) is 6.09. The summed E-state index contributed by atoms with van der Waals surface area (Å²) in [6.45, 7) is 12.2. The maximum atomic E-state index is 13.1. The number of nitrogens with zero attached hydrogens (tertiary/aromatic N) is 3. The molecule has 2 aromatic rings. The van der Waals surface area contributed by atoms with Crippen LogP contribution in [0.1, 0.15) is 94.4 Å². The molecule has 11 heteroatoms. The lowest BCUT2D eigenvalue weighted by Gasteiger charge is -2.51. The van der Waals surface area contributed by atoms with Crippen LogP contribution in [0.5, 0.6) is 0 Å². The molecule has 1 saturated heterocycles. The van der Waals surface area contributed by atoms with E-state index in [0.29, 0.717) is 28.8 Å². The van der Waals surface area contributed by atoms with Crippen molar-refractivity contribution in [2.75, 3.05) is 5.32 Å². The van der Waals surface area contributed by atoms with Gasteiger partial charge in [0.2, 0.25) is 0 Å². The number of pyridine rings is 1. The first-order valence-corrected chi connectivity index (χ1v) is 12.8. The number of ether oxygens (including phenoxy) is 1. The predicted octanol–water partition coefficient (Wildman–Crippen LogP) is 4.10. The van der Waals surface area contributed by atoms with Crippen molar-refractivity contribution in [2.45, 2.75) is 89.0 Å². The fourth-order valence-electron chi connectivity index (χ4n) is 6.09. The highest BCUT2D eigenvalue weighted by molar-refractivity contribution is 6.52. The zero-order chi connectivity index (χ0) is 28.3. The van der Waals surface area contributed by atoms with Gasteiger partial charge in [-0.3, -0.25) is 9.78 Å². The molecule has 8 radical (unpaired) electrons. The van der Waals surface area contributed by atoms with E-state index in [9.17, 15) is 4.79 Å². The summed E-state index contributed by atoms with van der Waals surface area (Å²) in [5, 5.41) is 10.4. The van der Waals surface area contributed by atoms with Crippen LogP contribution in [0, 0.1) is 16.7 Å². The van der Waals surface area contributed by atoms with Gasteiger partial charge in [0.25, 0.3) is 5.91 Å². The smallest absolute Gasteiger partial charge is 0.291 e. The van der Waals surface area contributed by atoms with Crippen molar-refractivity contribution >= 4 is 48.6 Å². The molecule has 1 aliphatic heterocycles. The van der Waals surface area contributed by atoms with E-state index in [1.165, 1.54) is 6.20 Å². The number of rotatable bonds is 4. The van der Waals surface area contributed by atoms with Gasteiger partial charge >= 0.3 is 0 Å². The van der Waals surface area contributed by atoms with Crippen molar-refractivity contribution in [2.24, 2.45) is 5.41 Å². The highest BCUT2D eigenvalue weighted by Crippen LogP contribution is 2.60. The Labute approximate surface area is 230 Å². The second kappa shape index (κ2) is 9.48. The zero-order valence-corrected chi connectivity index (χ0v) is 23.0. The summed E-state index contributed by atoms with van der Waals surface area (Å²) in [5.74, 6) is -1.11. The maximum absolute atomic E-state index is 13.1. The number of aromatic nitrogens is 3. The molecule has 0 bridgehead atoms. The summed E-state index contributed by atoms with van der Waals surface area (Å²) in [4.78, 5) is 24.8. The summed E-state index contributed by atoms with van der Waals surface area (Å²) in [5.41, 5.74) is 1.46. The van der Waals surface area contributed by atoms with Crippen molar-refractivity contribution < 1.29 is 9.53 Å². The quantitative estimate of drug-likeness (QED) is 0.615. The molecule has 4 rings (SSSR count). The van der Waals surface area contributed by atoms with E-state index in [4.69, 9.17) is 46.4 Å². The Balaban J connectivity index is 1.84. The van der Waals surface area contributed by atoms with E-state index in [2.05, 4.69) is 43.0 Å². The largest absolute Gasteiger partial charge is 0.370 e. The van der Waals surface area contributed by atoms with E-state index in [1.807, 2.05) is 26.0 Å². The molecule has 2 N–H and O–H groups in total. The number of aromatic amines is 1. The molecule has 1 unspecified atom stereocenters. The Morgan fingerprint density at radius 1 is 1.16 bits per heavy atom. The van der Waals surface area contributed by atoms with Crippen molar-refractivity contribution in [3.05, 3.63) is 46.7 Å². The van der Waals surface area contributed by atoms with Gasteiger partial charge in [0.1, 0.15) is 19.6 Å². The van der Waals surface area contributed by atoms with Crippen LogP contribution in [0.2, 0.25) is 11.0 Å². The topological polar surface area (TPSA) is 104 Å². The third-order valence-electron chi connectivity index (χ3n) is 7.52. The first-order chi connectivity index (χ1) is 17.5. The van der Waals surface area contributed by atoms with Crippen LogP contribution in [-0.4, -0.2) is 63.4 Å². The first kappa shape index (κ1) is 28.3. The van der Waals surface area contributed by atoms with Gasteiger partial charge in [0.05, 0.1) is 52.3 Å². The molecular weight excluding hydrogens is 470 g/mol. The number of carbonyl (C=O) groups excluding carboxylic acids is 1. The summed E-state index contributed by atoms with van der Waals surface area (Å²) >= 11 is 0. The number of H-pyrrole nitrogens is 1. The van der Waals surface area contributed by atoms with Crippen molar-refractivity contribution in [3.8, 4) is 6.07 Å². The number of hydrogen-bond acceptors (Lipinski definition) is 5. The second-order valence-electron chi connectivity index (χ2n) is 12.5. The lowest BCUT2D eigenvalue weighted by molar-refractivity contribution is -0.162. The minimum atomic E-state index is -1.51. The predicted molar refractivity (Wildman–Crippen MR) is 151 cm³/mol. The van der Waals surface area contributed by atoms with Crippen LogP contribution >= 0.6 is 0 Å². The van der Waals surface area contributed by atoms with Gasteiger partial charge in [0.15, 0.2) is 5.82 Å². The number of nitrogens with one attached hydrogen (secondary N) is 2. The minimum Gasteiger partial charge on any atom is -0.370 e. The summed E-state index contributed by atoms with van der Waals surface area (Å²) in [7, 11) is 26.6. The molecular formula is C27H31B4N5O2. The molecule has 38 heavy (non-hydrogen) atoms. The standard InChI is InChI=1S/C27H31B4N5O2/c1-24(2)11-16(28)19(27(30,31)23(24)29)20-18(36-22(37)21-33-13-15(12-32)34-21)8-7-17(35-20)14-9-25(3,4)38-26(5,6)10-14/h7-8,13-14,23H,9-11H2,1-6H3,(H,33,34)(H,36,37). The maximum Gasteiger partial charge on any atom is 0.291 e. The van der Waals surface area contributed by atoms with Crippen LogP contribution in [0.15, 0.2) is 23.8 Å². The molecule has 0 saturated carbocycles. The monoisotopic (exact) mass is 501 g/mol. The third-order valence-corrected chi connectivity index (χ3v) is 7.52. The van der Waals surface area contributed by atoms with Crippen molar-refractivity contribution in [1.29, 1.82) is 5.26 Å². The van der Waals surface area contributed by atoms with E-state index in [-0.39, 0.29) is 28.6 Å². The molecule has 1 aliphatic carbocycles. The second-order valence-corrected chi connectivity index (χ2v) is 12.5. The first-order valence-electron chi connectivity index (χ1n) is 12.8. The molecule has 0 spiro atoms. The number of carbonyl (C=O) groups is 1. The van der Waals surface area contributed by atoms with Crippen molar-refractivity contribution in [1.82, 2.24) is 15.0 Å². The van der Waals surface area contributed by atoms with Gasteiger partial charge in [-0.25, -0.2) is 4.98 Å². The van der Waals surface area contributed by atoms with Gasteiger partial charge in [-0.15, -0.1) is 5.47 Å². The number of amides is 1. The molecule has 1 fully saturated rings. The Morgan fingerprint density at radius 3 is 2.37 bits per heavy atom. The number of nitriles is 1.